The number of amides is 1. The second kappa shape index (κ2) is 11.0. The SMILES string of the molecule is C[C@@H]1C[C@@H](N)C[C@H](c2ccncc2NC(=O)c2ccc(F)c(-c3c(F)ccc(OCCO)c3F)n2)C1. The van der Waals surface area contributed by atoms with Crippen LogP contribution in [-0.2, 0) is 0 Å². The lowest BCUT2D eigenvalue weighted by atomic mass is 9.76. The Bertz CT molecular complexity index is 1250. The summed E-state index contributed by atoms with van der Waals surface area (Å²) in [5.41, 5.74) is 5.88. The van der Waals surface area contributed by atoms with Crippen molar-refractivity contribution in [3.05, 3.63) is 71.4 Å². The van der Waals surface area contributed by atoms with E-state index in [2.05, 4.69) is 22.2 Å². The van der Waals surface area contributed by atoms with Crippen LogP contribution in [0.1, 0.15) is 48.2 Å². The Morgan fingerprint density at radius 3 is 2.67 bits per heavy atom. The highest BCUT2D eigenvalue weighted by Gasteiger charge is 2.28. The van der Waals surface area contributed by atoms with E-state index in [0.29, 0.717) is 11.6 Å². The molecule has 0 unspecified atom stereocenters. The quantitative estimate of drug-likeness (QED) is 0.443. The number of aliphatic hydroxyl groups excluding tert-OH is 1. The van der Waals surface area contributed by atoms with Gasteiger partial charge in [-0.2, -0.15) is 0 Å². The molecule has 4 rings (SSSR count). The van der Waals surface area contributed by atoms with E-state index in [0.717, 1.165) is 49.1 Å². The van der Waals surface area contributed by atoms with Gasteiger partial charge in [-0.1, -0.05) is 6.92 Å². The molecule has 0 spiro atoms. The molecule has 0 aliphatic heterocycles. The number of benzene rings is 1. The molecule has 4 N–H and O–H groups in total. The summed E-state index contributed by atoms with van der Waals surface area (Å²) in [6, 6.07) is 5.86. The Kier molecular flexibility index (Phi) is 7.85. The molecule has 7 nitrogen and oxygen atoms in total. The van der Waals surface area contributed by atoms with Crippen molar-refractivity contribution >= 4 is 11.6 Å². The number of hydrogen-bond acceptors (Lipinski definition) is 6. The van der Waals surface area contributed by atoms with Crippen molar-refractivity contribution in [3.63, 3.8) is 0 Å². The number of carbonyl (C=O) groups excluding carboxylic acids is 1. The highest BCUT2D eigenvalue weighted by Crippen LogP contribution is 2.38. The molecule has 2 heterocycles. The summed E-state index contributed by atoms with van der Waals surface area (Å²) in [5, 5.41) is 11.7. The maximum absolute atomic E-state index is 15.0. The van der Waals surface area contributed by atoms with Gasteiger partial charge in [0.2, 0.25) is 0 Å². The first-order valence-electron chi connectivity index (χ1n) is 11.7. The van der Waals surface area contributed by atoms with Gasteiger partial charge in [0.15, 0.2) is 11.6 Å². The maximum Gasteiger partial charge on any atom is 0.274 e. The van der Waals surface area contributed by atoms with Gasteiger partial charge in [-0.3, -0.25) is 9.78 Å². The molecule has 1 saturated carbocycles. The minimum Gasteiger partial charge on any atom is -0.488 e. The number of ether oxygens (including phenoxy) is 1. The first-order valence-corrected chi connectivity index (χ1v) is 11.7. The molecule has 1 fully saturated rings. The summed E-state index contributed by atoms with van der Waals surface area (Å²) >= 11 is 0. The van der Waals surface area contributed by atoms with Crippen LogP contribution in [0.2, 0.25) is 0 Å². The van der Waals surface area contributed by atoms with Crippen molar-refractivity contribution in [2.75, 3.05) is 18.5 Å². The van der Waals surface area contributed by atoms with Crippen molar-refractivity contribution in [2.24, 2.45) is 11.7 Å². The van der Waals surface area contributed by atoms with Crippen LogP contribution in [0.5, 0.6) is 5.75 Å². The number of hydrogen-bond donors (Lipinski definition) is 3. The molecule has 3 aromatic rings. The first kappa shape index (κ1) is 25.6. The van der Waals surface area contributed by atoms with E-state index in [1.54, 1.807) is 6.20 Å². The Hall–Kier alpha value is -3.50. The Balaban J connectivity index is 1.64. The van der Waals surface area contributed by atoms with Crippen molar-refractivity contribution in [2.45, 2.75) is 38.1 Å². The second-order valence-corrected chi connectivity index (χ2v) is 9.02. The lowest BCUT2D eigenvalue weighted by Crippen LogP contribution is -2.31. The van der Waals surface area contributed by atoms with E-state index < -0.39 is 41.2 Å². The van der Waals surface area contributed by atoms with Gasteiger partial charge < -0.3 is 20.9 Å². The van der Waals surface area contributed by atoms with E-state index in [1.165, 1.54) is 6.20 Å². The molecule has 1 aliphatic carbocycles. The zero-order valence-electron chi connectivity index (χ0n) is 19.7. The molecule has 1 amide bonds. The third kappa shape index (κ3) is 5.50. The van der Waals surface area contributed by atoms with Crippen molar-refractivity contribution < 1.29 is 27.8 Å². The monoisotopic (exact) mass is 500 g/mol. The number of aromatic nitrogens is 2. The van der Waals surface area contributed by atoms with Crippen LogP contribution < -0.4 is 15.8 Å². The Labute approximate surface area is 206 Å². The first-order chi connectivity index (χ1) is 17.3. The number of anilines is 1. The lowest BCUT2D eigenvalue weighted by molar-refractivity contribution is 0.102. The molecule has 0 saturated heterocycles. The minimum atomic E-state index is -1.19. The van der Waals surface area contributed by atoms with Crippen LogP contribution in [0, 0.1) is 23.4 Å². The average Bonchev–Trinajstić information content (AvgIpc) is 2.84. The van der Waals surface area contributed by atoms with E-state index in [4.69, 9.17) is 15.6 Å². The van der Waals surface area contributed by atoms with Gasteiger partial charge >= 0.3 is 0 Å². The zero-order chi connectivity index (χ0) is 25.8. The fraction of sp³-hybridized carbons (Fsp3) is 0.346. The van der Waals surface area contributed by atoms with Crippen LogP contribution >= 0.6 is 0 Å². The van der Waals surface area contributed by atoms with Crippen molar-refractivity contribution in [1.82, 2.24) is 9.97 Å². The molecule has 10 heteroatoms. The zero-order valence-corrected chi connectivity index (χ0v) is 19.7. The van der Waals surface area contributed by atoms with Gasteiger partial charge in [0.25, 0.3) is 5.91 Å². The molecule has 190 valence electrons. The number of pyridine rings is 2. The largest absolute Gasteiger partial charge is 0.488 e. The molecule has 3 atom stereocenters. The summed E-state index contributed by atoms with van der Waals surface area (Å²) in [6.07, 6.45) is 5.77. The Morgan fingerprint density at radius 1 is 1.14 bits per heavy atom. The predicted octanol–water partition coefficient (Wildman–Crippen LogP) is 4.42. The van der Waals surface area contributed by atoms with Crippen molar-refractivity contribution in [1.29, 1.82) is 0 Å². The van der Waals surface area contributed by atoms with Crippen LogP contribution in [0.25, 0.3) is 11.3 Å². The summed E-state index contributed by atoms with van der Waals surface area (Å²) < 4.78 is 49.2. The van der Waals surface area contributed by atoms with E-state index in [1.807, 2.05) is 6.07 Å². The number of nitrogens with two attached hydrogens (primary N) is 1. The molecular weight excluding hydrogens is 473 g/mol. The van der Waals surface area contributed by atoms with Crippen LogP contribution in [0.15, 0.2) is 42.7 Å². The second-order valence-electron chi connectivity index (χ2n) is 9.02. The van der Waals surface area contributed by atoms with Gasteiger partial charge in [-0.25, -0.2) is 18.2 Å². The number of rotatable bonds is 7. The van der Waals surface area contributed by atoms with Gasteiger partial charge in [-0.05, 0) is 67.0 Å². The number of halogens is 3. The lowest BCUT2D eigenvalue weighted by Gasteiger charge is -2.32. The van der Waals surface area contributed by atoms with E-state index in [9.17, 15) is 18.0 Å². The smallest absolute Gasteiger partial charge is 0.274 e. The standard InChI is InChI=1S/C26H27F3N4O3/c1-14-10-15(12-16(30)11-14)17-6-7-31-13-21(17)33-26(35)20-4-2-19(28)25(32-20)23-18(27)3-5-22(24(23)29)36-9-8-34/h2-7,13-16,34H,8-12,30H2,1H3,(H,33,35)/t14-,15+,16+/m0/s1. The fourth-order valence-corrected chi connectivity index (χ4v) is 4.72. The molecule has 36 heavy (non-hydrogen) atoms. The third-order valence-electron chi connectivity index (χ3n) is 6.24. The number of nitrogens with one attached hydrogen (secondary N) is 1. The molecule has 1 aromatic carbocycles. The maximum atomic E-state index is 15.0. The average molecular weight is 501 g/mol. The summed E-state index contributed by atoms with van der Waals surface area (Å²) in [4.78, 5) is 21.1. The third-order valence-corrected chi connectivity index (χ3v) is 6.24. The van der Waals surface area contributed by atoms with Gasteiger partial charge in [0, 0.05) is 12.2 Å². The molecular formula is C26H27F3N4O3. The van der Waals surface area contributed by atoms with Crippen molar-refractivity contribution in [3.8, 4) is 17.0 Å². The van der Waals surface area contributed by atoms with Crippen LogP contribution in [-0.4, -0.2) is 40.2 Å². The van der Waals surface area contributed by atoms with Gasteiger partial charge in [0.05, 0.1) is 24.1 Å². The normalized spacial score (nSPS) is 19.7. The van der Waals surface area contributed by atoms with Crippen LogP contribution in [0.3, 0.4) is 0 Å². The van der Waals surface area contributed by atoms with E-state index in [-0.39, 0.29) is 30.0 Å². The molecule has 0 bridgehead atoms. The molecule has 1 aliphatic rings. The van der Waals surface area contributed by atoms with Gasteiger partial charge in [-0.15, -0.1) is 0 Å². The summed E-state index contributed by atoms with van der Waals surface area (Å²) in [5.74, 6) is -3.79. The highest BCUT2D eigenvalue weighted by molar-refractivity contribution is 6.03. The number of aliphatic hydroxyl groups is 1. The molecule has 0 radical (unpaired) electrons. The summed E-state index contributed by atoms with van der Waals surface area (Å²) in [6.45, 7) is 1.51. The number of nitrogens with zero attached hydrogens (tertiary/aromatic N) is 2. The van der Waals surface area contributed by atoms with E-state index >= 15 is 0 Å². The van der Waals surface area contributed by atoms with Gasteiger partial charge in [0.1, 0.15) is 29.6 Å². The Morgan fingerprint density at radius 2 is 1.92 bits per heavy atom. The van der Waals surface area contributed by atoms with Crippen LogP contribution in [0.4, 0.5) is 18.9 Å². The fourth-order valence-electron chi connectivity index (χ4n) is 4.72. The summed E-state index contributed by atoms with van der Waals surface area (Å²) in [7, 11) is 0. The topological polar surface area (TPSA) is 110 Å². The molecule has 2 aromatic heterocycles. The minimum absolute atomic E-state index is 0.0544. The highest BCUT2D eigenvalue weighted by atomic mass is 19.1. The predicted molar refractivity (Wildman–Crippen MR) is 128 cm³/mol. The number of carbonyl (C=O) groups is 1.